The van der Waals surface area contributed by atoms with Crippen molar-refractivity contribution in [3.63, 3.8) is 0 Å². The number of aryl methyl sites for hydroxylation is 1. The first-order valence-corrected chi connectivity index (χ1v) is 7.40. The average molecular weight is 298 g/mol. The van der Waals surface area contributed by atoms with E-state index in [0.717, 1.165) is 29.9 Å². The molecule has 0 saturated carbocycles. The molecule has 0 spiro atoms. The second-order valence-electron chi connectivity index (χ2n) is 5.89. The molecule has 0 radical (unpaired) electrons. The predicted octanol–water partition coefficient (Wildman–Crippen LogP) is 1.45. The summed E-state index contributed by atoms with van der Waals surface area (Å²) >= 11 is 0. The van der Waals surface area contributed by atoms with Gasteiger partial charge in [-0.05, 0) is 43.8 Å². The highest BCUT2D eigenvalue weighted by atomic mass is 15.3. The standard InChI is InChI=1S/C16H22N6/c1-21(2)7-6-12-9-18-14-5-4-11(8-13(12)14)15(17)16-19-10-20-22(16)3/h4-5,8-10,15,18H,6-7,17H2,1-3H3. The third-order valence-corrected chi connectivity index (χ3v) is 4.00. The van der Waals surface area contributed by atoms with Gasteiger partial charge in [0.1, 0.15) is 12.2 Å². The largest absolute Gasteiger partial charge is 0.361 e. The summed E-state index contributed by atoms with van der Waals surface area (Å²) < 4.78 is 1.72. The summed E-state index contributed by atoms with van der Waals surface area (Å²) in [4.78, 5) is 9.77. The highest BCUT2D eigenvalue weighted by molar-refractivity contribution is 5.84. The second-order valence-corrected chi connectivity index (χ2v) is 5.89. The van der Waals surface area contributed by atoms with Crippen molar-refractivity contribution in [2.24, 2.45) is 12.8 Å². The SMILES string of the molecule is CN(C)CCc1c[nH]c2ccc(C(N)c3ncnn3C)cc12. The lowest BCUT2D eigenvalue weighted by Gasteiger charge is -2.12. The van der Waals surface area contributed by atoms with Crippen LogP contribution in [0.3, 0.4) is 0 Å². The topological polar surface area (TPSA) is 75.8 Å². The van der Waals surface area contributed by atoms with Crippen molar-refractivity contribution in [2.75, 3.05) is 20.6 Å². The lowest BCUT2D eigenvalue weighted by Crippen LogP contribution is -2.17. The minimum atomic E-state index is -0.270. The molecule has 3 N–H and O–H groups in total. The molecule has 1 unspecified atom stereocenters. The zero-order valence-corrected chi connectivity index (χ0v) is 13.2. The summed E-state index contributed by atoms with van der Waals surface area (Å²) in [5, 5.41) is 5.33. The Morgan fingerprint density at radius 2 is 2.18 bits per heavy atom. The van der Waals surface area contributed by atoms with Crippen LogP contribution in [-0.4, -0.2) is 45.3 Å². The van der Waals surface area contributed by atoms with E-state index in [4.69, 9.17) is 5.73 Å². The van der Waals surface area contributed by atoms with Crippen LogP contribution in [0.4, 0.5) is 0 Å². The van der Waals surface area contributed by atoms with Gasteiger partial charge in [0.2, 0.25) is 0 Å². The van der Waals surface area contributed by atoms with E-state index in [1.54, 1.807) is 4.68 Å². The van der Waals surface area contributed by atoms with E-state index in [1.165, 1.54) is 17.3 Å². The van der Waals surface area contributed by atoms with Gasteiger partial charge >= 0.3 is 0 Å². The zero-order valence-electron chi connectivity index (χ0n) is 13.2. The quantitative estimate of drug-likeness (QED) is 0.747. The van der Waals surface area contributed by atoms with Gasteiger partial charge in [-0.1, -0.05) is 6.07 Å². The number of hydrogen-bond acceptors (Lipinski definition) is 4. The maximum atomic E-state index is 6.35. The summed E-state index contributed by atoms with van der Waals surface area (Å²) in [5.74, 6) is 0.768. The van der Waals surface area contributed by atoms with Crippen LogP contribution < -0.4 is 5.73 Å². The number of hydrogen-bond donors (Lipinski definition) is 2. The lowest BCUT2D eigenvalue weighted by molar-refractivity contribution is 0.414. The first-order valence-electron chi connectivity index (χ1n) is 7.40. The molecule has 3 rings (SSSR count). The molecule has 0 fully saturated rings. The number of H-pyrrole nitrogens is 1. The van der Waals surface area contributed by atoms with Crippen molar-refractivity contribution in [3.05, 3.63) is 47.7 Å². The number of nitrogens with zero attached hydrogens (tertiary/aromatic N) is 4. The van der Waals surface area contributed by atoms with Crippen molar-refractivity contribution in [1.29, 1.82) is 0 Å². The summed E-state index contributed by atoms with van der Waals surface area (Å²) in [7, 11) is 6.04. The van der Waals surface area contributed by atoms with Crippen molar-refractivity contribution < 1.29 is 0 Å². The molecular weight excluding hydrogens is 276 g/mol. The highest BCUT2D eigenvalue weighted by Gasteiger charge is 2.15. The number of aromatic nitrogens is 4. The van der Waals surface area contributed by atoms with Gasteiger partial charge in [-0.2, -0.15) is 5.10 Å². The Labute approximate surface area is 129 Å². The van der Waals surface area contributed by atoms with Gasteiger partial charge in [-0.15, -0.1) is 0 Å². The van der Waals surface area contributed by atoms with Gasteiger partial charge < -0.3 is 15.6 Å². The normalized spacial score (nSPS) is 13.1. The fourth-order valence-electron chi connectivity index (χ4n) is 2.68. The molecule has 3 aromatic rings. The van der Waals surface area contributed by atoms with Gasteiger partial charge in [0.05, 0.1) is 6.04 Å². The molecule has 2 heterocycles. The molecule has 0 saturated heterocycles. The molecule has 2 aromatic heterocycles. The molecule has 6 heteroatoms. The van der Waals surface area contributed by atoms with E-state index in [-0.39, 0.29) is 6.04 Å². The number of nitrogens with two attached hydrogens (primary N) is 1. The van der Waals surface area contributed by atoms with E-state index in [9.17, 15) is 0 Å². The van der Waals surface area contributed by atoms with Crippen molar-refractivity contribution in [1.82, 2.24) is 24.6 Å². The third kappa shape index (κ3) is 2.75. The molecular formula is C16H22N6. The molecule has 1 atom stereocenters. The van der Waals surface area contributed by atoms with Gasteiger partial charge in [0, 0.05) is 30.7 Å². The molecule has 116 valence electrons. The second kappa shape index (κ2) is 5.90. The number of aromatic amines is 1. The van der Waals surface area contributed by atoms with E-state index in [1.807, 2.05) is 13.1 Å². The maximum Gasteiger partial charge on any atom is 0.148 e. The van der Waals surface area contributed by atoms with E-state index in [0.29, 0.717) is 0 Å². The Balaban J connectivity index is 1.94. The monoisotopic (exact) mass is 298 g/mol. The predicted molar refractivity (Wildman–Crippen MR) is 87.6 cm³/mol. The van der Waals surface area contributed by atoms with Gasteiger partial charge in [0.25, 0.3) is 0 Å². The van der Waals surface area contributed by atoms with Crippen LogP contribution in [0.1, 0.15) is 23.0 Å². The highest BCUT2D eigenvalue weighted by Crippen LogP contribution is 2.25. The van der Waals surface area contributed by atoms with Crippen LogP contribution in [0.5, 0.6) is 0 Å². The van der Waals surface area contributed by atoms with Crippen LogP contribution in [0.2, 0.25) is 0 Å². The Bertz CT molecular complexity index is 770. The molecule has 22 heavy (non-hydrogen) atoms. The maximum absolute atomic E-state index is 6.35. The third-order valence-electron chi connectivity index (χ3n) is 4.00. The molecule has 0 aliphatic carbocycles. The van der Waals surface area contributed by atoms with Gasteiger partial charge in [-0.25, -0.2) is 4.98 Å². The average Bonchev–Trinajstić information content (AvgIpc) is 3.09. The molecule has 0 aliphatic rings. The smallest absolute Gasteiger partial charge is 0.148 e. The zero-order chi connectivity index (χ0) is 15.7. The van der Waals surface area contributed by atoms with Crippen molar-refractivity contribution >= 4 is 10.9 Å². The summed E-state index contributed by atoms with van der Waals surface area (Å²) in [5.41, 5.74) is 9.86. The first-order chi connectivity index (χ1) is 10.6. The minimum Gasteiger partial charge on any atom is -0.361 e. The number of rotatable bonds is 5. The van der Waals surface area contributed by atoms with Crippen molar-refractivity contribution in [2.45, 2.75) is 12.5 Å². The molecule has 0 aliphatic heterocycles. The van der Waals surface area contributed by atoms with Gasteiger partial charge in [0.15, 0.2) is 0 Å². The van der Waals surface area contributed by atoms with Gasteiger partial charge in [-0.3, -0.25) is 4.68 Å². The Morgan fingerprint density at radius 1 is 1.36 bits per heavy atom. The fraction of sp³-hybridized carbons (Fsp3) is 0.375. The van der Waals surface area contributed by atoms with Crippen molar-refractivity contribution in [3.8, 4) is 0 Å². The number of fused-ring (bicyclic) bond motifs is 1. The molecule has 1 aromatic carbocycles. The minimum absolute atomic E-state index is 0.270. The van der Waals surface area contributed by atoms with E-state index >= 15 is 0 Å². The number of benzene rings is 1. The summed E-state index contributed by atoms with van der Waals surface area (Å²) in [6.07, 6.45) is 4.63. The van der Waals surface area contributed by atoms with E-state index < -0.39 is 0 Å². The summed E-state index contributed by atoms with van der Waals surface area (Å²) in [6, 6.07) is 6.03. The van der Waals surface area contributed by atoms with Crippen LogP contribution in [0, 0.1) is 0 Å². The van der Waals surface area contributed by atoms with E-state index in [2.05, 4.69) is 52.4 Å². The van der Waals surface area contributed by atoms with Crippen LogP contribution in [0.25, 0.3) is 10.9 Å². The van der Waals surface area contributed by atoms with Crippen LogP contribution >= 0.6 is 0 Å². The first kappa shape index (κ1) is 14.7. The Morgan fingerprint density at radius 3 is 2.86 bits per heavy atom. The Hall–Kier alpha value is -2.18. The Kier molecular flexibility index (Phi) is 3.96. The molecule has 6 nitrogen and oxygen atoms in total. The molecule has 0 bridgehead atoms. The summed E-state index contributed by atoms with van der Waals surface area (Å²) in [6.45, 7) is 1.02. The lowest BCUT2D eigenvalue weighted by atomic mass is 10.0. The van der Waals surface area contributed by atoms with Crippen LogP contribution in [-0.2, 0) is 13.5 Å². The fourth-order valence-corrected chi connectivity index (χ4v) is 2.68. The molecule has 0 amide bonds. The van der Waals surface area contributed by atoms with Crippen LogP contribution in [0.15, 0.2) is 30.7 Å². The number of likely N-dealkylation sites (N-methyl/N-ethyl adjacent to an activating group) is 1. The number of nitrogens with one attached hydrogen (secondary N) is 1.